The normalized spacial score (nSPS) is 22.6. The fourth-order valence-corrected chi connectivity index (χ4v) is 1.61. The summed E-state index contributed by atoms with van der Waals surface area (Å²) in [4.78, 5) is 33.2. The molecule has 0 aromatic rings. The summed E-state index contributed by atoms with van der Waals surface area (Å²) in [7, 11) is 0. The van der Waals surface area contributed by atoms with Gasteiger partial charge in [0, 0.05) is 19.0 Å². The molecule has 0 radical (unpaired) electrons. The Kier molecular flexibility index (Phi) is 4.90. The quantitative estimate of drug-likeness (QED) is 0.415. The highest BCUT2D eigenvalue weighted by atomic mass is 16.4. The number of hydrogen-bond acceptors (Lipinski definition) is 4. The molecule has 1 aliphatic heterocycles. The van der Waals surface area contributed by atoms with Crippen LogP contribution in [0.1, 0.15) is 19.8 Å². The maximum Gasteiger partial charge on any atom is 0.328 e. The van der Waals surface area contributed by atoms with Gasteiger partial charge >= 0.3 is 12.0 Å². The molecule has 1 saturated heterocycles. The van der Waals surface area contributed by atoms with Crippen molar-refractivity contribution >= 4 is 17.9 Å². The lowest BCUT2D eigenvalue weighted by atomic mass is 10.1. The van der Waals surface area contributed by atoms with Crippen LogP contribution in [-0.2, 0) is 9.59 Å². The number of carboxylic acids is 1. The van der Waals surface area contributed by atoms with Gasteiger partial charge in [0.05, 0.1) is 6.10 Å². The van der Waals surface area contributed by atoms with Crippen LogP contribution in [0.15, 0.2) is 0 Å². The Hall–Kier alpha value is -1.83. The topological polar surface area (TPSA) is 128 Å². The summed E-state index contributed by atoms with van der Waals surface area (Å²) in [6.07, 6.45) is -0.366. The number of aliphatic carboxylic acids is 1. The Morgan fingerprint density at radius 1 is 1.50 bits per heavy atom. The van der Waals surface area contributed by atoms with Gasteiger partial charge in [0.15, 0.2) is 6.04 Å². The number of piperidine rings is 1. The van der Waals surface area contributed by atoms with E-state index in [1.807, 2.05) is 0 Å². The van der Waals surface area contributed by atoms with E-state index in [-0.39, 0.29) is 11.9 Å². The molecule has 18 heavy (non-hydrogen) atoms. The van der Waals surface area contributed by atoms with E-state index in [0.29, 0.717) is 19.4 Å². The van der Waals surface area contributed by atoms with E-state index in [1.165, 1.54) is 6.92 Å². The lowest BCUT2D eigenvalue weighted by Gasteiger charge is -2.25. The standard InChI is InChI=1S/C10H17N3O5/c1-5(14)8(9(16)17)13-10(18)12-6-2-3-7(15)11-4-6/h5-6,8,14H,2-4H2,1H3,(H,11,15)(H,16,17)(H2,12,13,18). The van der Waals surface area contributed by atoms with Crippen LogP contribution in [0, 0.1) is 0 Å². The SMILES string of the molecule is CC(O)C(NC(=O)NC1CCC(=O)NC1)C(=O)O. The largest absolute Gasteiger partial charge is 0.480 e. The summed E-state index contributed by atoms with van der Waals surface area (Å²) < 4.78 is 0. The zero-order chi connectivity index (χ0) is 13.7. The molecule has 3 atom stereocenters. The van der Waals surface area contributed by atoms with Crippen LogP contribution < -0.4 is 16.0 Å². The predicted molar refractivity (Wildman–Crippen MR) is 60.8 cm³/mol. The second-order valence-electron chi connectivity index (χ2n) is 4.21. The van der Waals surface area contributed by atoms with Gasteiger partial charge in [-0.2, -0.15) is 0 Å². The molecule has 5 N–H and O–H groups in total. The van der Waals surface area contributed by atoms with Gasteiger partial charge < -0.3 is 26.2 Å². The number of nitrogens with one attached hydrogen (secondary N) is 3. The lowest BCUT2D eigenvalue weighted by molar-refractivity contribution is -0.141. The van der Waals surface area contributed by atoms with Crippen LogP contribution >= 0.6 is 0 Å². The molecule has 3 amide bonds. The number of carbonyl (C=O) groups excluding carboxylic acids is 2. The molecule has 1 heterocycles. The Morgan fingerprint density at radius 2 is 2.17 bits per heavy atom. The molecule has 0 spiro atoms. The fraction of sp³-hybridized carbons (Fsp3) is 0.700. The molecule has 0 aromatic carbocycles. The van der Waals surface area contributed by atoms with Crippen molar-refractivity contribution in [3.63, 3.8) is 0 Å². The van der Waals surface area contributed by atoms with Crippen molar-refractivity contribution in [2.24, 2.45) is 0 Å². The zero-order valence-corrected chi connectivity index (χ0v) is 9.97. The number of amides is 3. The second-order valence-corrected chi connectivity index (χ2v) is 4.21. The molecule has 102 valence electrons. The van der Waals surface area contributed by atoms with E-state index in [1.54, 1.807) is 0 Å². The monoisotopic (exact) mass is 259 g/mol. The van der Waals surface area contributed by atoms with Crippen molar-refractivity contribution in [3.05, 3.63) is 0 Å². The fourth-order valence-electron chi connectivity index (χ4n) is 1.61. The summed E-state index contributed by atoms with van der Waals surface area (Å²) in [5.41, 5.74) is 0. The van der Waals surface area contributed by atoms with Gasteiger partial charge in [-0.05, 0) is 13.3 Å². The first-order chi connectivity index (χ1) is 8.40. The molecule has 1 fully saturated rings. The van der Waals surface area contributed by atoms with Crippen molar-refractivity contribution in [2.75, 3.05) is 6.54 Å². The first-order valence-electron chi connectivity index (χ1n) is 5.64. The third kappa shape index (κ3) is 4.21. The van der Waals surface area contributed by atoms with Crippen molar-refractivity contribution in [3.8, 4) is 0 Å². The average Bonchev–Trinajstić information content (AvgIpc) is 2.28. The number of aliphatic hydroxyl groups is 1. The number of urea groups is 1. The van der Waals surface area contributed by atoms with E-state index in [4.69, 9.17) is 5.11 Å². The van der Waals surface area contributed by atoms with Crippen molar-refractivity contribution in [2.45, 2.75) is 38.0 Å². The third-order valence-corrected chi connectivity index (χ3v) is 2.64. The predicted octanol–water partition coefficient (Wildman–Crippen LogP) is -1.60. The van der Waals surface area contributed by atoms with Crippen molar-refractivity contribution in [1.29, 1.82) is 0 Å². The smallest absolute Gasteiger partial charge is 0.328 e. The maximum atomic E-state index is 11.5. The summed E-state index contributed by atoms with van der Waals surface area (Å²) >= 11 is 0. The molecule has 1 rings (SSSR count). The minimum Gasteiger partial charge on any atom is -0.480 e. The van der Waals surface area contributed by atoms with Gasteiger partial charge in [-0.15, -0.1) is 0 Å². The van der Waals surface area contributed by atoms with Crippen LogP contribution in [0.2, 0.25) is 0 Å². The summed E-state index contributed by atoms with van der Waals surface area (Å²) in [5.74, 6) is -1.38. The van der Waals surface area contributed by atoms with Crippen LogP contribution in [-0.4, -0.2) is 52.9 Å². The summed E-state index contributed by atoms with van der Waals surface area (Å²) in [6, 6.07) is -2.27. The van der Waals surface area contributed by atoms with E-state index < -0.39 is 24.1 Å². The highest BCUT2D eigenvalue weighted by Gasteiger charge is 2.26. The molecule has 3 unspecified atom stereocenters. The molecule has 0 aromatic heterocycles. The molecule has 0 aliphatic carbocycles. The number of carboxylic acid groups (broad SMARTS) is 1. The molecular weight excluding hydrogens is 242 g/mol. The first kappa shape index (κ1) is 14.2. The van der Waals surface area contributed by atoms with Crippen LogP contribution in [0.25, 0.3) is 0 Å². The van der Waals surface area contributed by atoms with E-state index in [2.05, 4.69) is 16.0 Å². The maximum absolute atomic E-state index is 11.5. The molecular formula is C10H17N3O5. The van der Waals surface area contributed by atoms with Crippen molar-refractivity contribution < 1.29 is 24.6 Å². The minimum atomic E-state index is -1.36. The van der Waals surface area contributed by atoms with Gasteiger partial charge in [0.25, 0.3) is 0 Å². The Balaban J connectivity index is 2.41. The molecule has 0 saturated carbocycles. The number of rotatable bonds is 4. The average molecular weight is 259 g/mol. The van der Waals surface area contributed by atoms with Gasteiger partial charge in [-0.3, -0.25) is 4.79 Å². The van der Waals surface area contributed by atoms with Gasteiger partial charge in [0.1, 0.15) is 0 Å². The highest BCUT2D eigenvalue weighted by molar-refractivity contribution is 5.83. The first-order valence-corrected chi connectivity index (χ1v) is 5.64. The van der Waals surface area contributed by atoms with Gasteiger partial charge in [-0.1, -0.05) is 0 Å². The van der Waals surface area contributed by atoms with Gasteiger partial charge in [-0.25, -0.2) is 9.59 Å². The third-order valence-electron chi connectivity index (χ3n) is 2.64. The van der Waals surface area contributed by atoms with Crippen molar-refractivity contribution in [1.82, 2.24) is 16.0 Å². The van der Waals surface area contributed by atoms with Crippen LogP contribution in [0.5, 0.6) is 0 Å². The van der Waals surface area contributed by atoms with Crippen LogP contribution in [0.3, 0.4) is 0 Å². The van der Waals surface area contributed by atoms with E-state index in [9.17, 15) is 19.5 Å². The summed E-state index contributed by atoms with van der Waals surface area (Å²) in [5, 5.41) is 25.3. The Morgan fingerprint density at radius 3 is 2.61 bits per heavy atom. The lowest BCUT2D eigenvalue weighted by Crippen LogP contribution is -2.55. The minimum absolute atomic E-state index is 0.0687. The number of aliphatic hydroxyl groups excluding tert-OH is 1. The van der Waals surface area contributed by atoms with Gasteiger partial charge in [0.2, 0.25) is 5.91 Å². The Labute approximate surface area is 104 Å². The van der Waals surface area contributed by atoms with E-state index >= 15 is 0 Å². The molecule has 8 nitrogen and oxygen atoms in total. The van der Waals surface area contributed by atoms with Crippen LogP contribution in [0.4, 0.5) is 4.79 Å². The summed E-state index contributed by atoms with van der Waals surface area (Å²) in [6.45, 7) is 1.60. The second kappa shape index (κ2) is 6.20. The molecule has 8 heteroatoms. The Bertz CT molecular complexity index is 334. The highest BCUT2D eigenvalue weighted by Crippen LogP contribution is 2.02. The van der Waals surface area contributed by atoms with E-state index in [0.717, 1.165) is 0 Å². The number of carbonyl (C=O) groups is 3. The zero-order valence-electron chi connectivity index (χ0n) is 9.97. The number of hydrogen-bond donors (Lipinski definition) is 5. The molecule has 1 aliphatic rings. The molecule has 0 bridgehead atoms.